The molecule has 0 unspecified atom stereocenters. The van der Waals surface area contributed by atoms with Gasteiger partial charge in [-0.2, -0.15) is 0 Å². The maximum Gasteiger partial charge on any atom is 0.317 e. The summed E-state index contributed by atoms with van der Waals surface area (Å²) in [6.45, 7) is -0.284. The van der Waals surface area contributed by atoms with Crippen LogP contribution in [0.5, 0.6) is 0 Å². The van der Waals surface area contributed by atoms with Crippen LogP contribution in [0.2, 0.25) is 5.02 Å². The molecule has 0 amide bonds. The van der Waals surface area contributed by atoms with Crippen molar-refractivity contribution in [2.24, 2.45) is 0 Å². The Balaban J connectivity index is 1.91. The number of alkyl halides is 3. The smallest absolute Gasteiger partial charge is 0.317 e. The first-order chi connectivity index (χ1) is 11.3. The van der Waals surface area contributed by atoms with Crippen LogP contribution < -0.4 is 0 Å². The topological polar surface area (TPSA) is 26.3 Å². The summed E-state index contributed by atoms with van der Waals surface area (Å²) in [4.78, 5) is 12.8. The highest BCUT2D eigenvalue weighted by atomic mass is 35.6. The summed E-state index contributed by atoms with van der Waals surface area (Å²) in [5.41, 5.74) is 1.18. The third-order valence-electron chi connectivity index (χ3n) is 4.25. The van der Waals surface area contributed by atoms with E-state index in [0.29, 0.717) is 11.4 Å². The lowest BCUT2D eigenvalue weighted by atomic mass is 9.91. The third-order valence-corrected chi connectivity index (χ3v) is 4.83. The first-order valence-corrected chi connectivity index (χ1v) is 8.89. The minimum atomic E-state index is -1.63. The Kier molecular flexibility index (Phi) is 5.04. The molecular formula is C18H14Cl4O2. The van der Waals surface area contributed by atoms with Gasteiger partial charge in [0.05, 0.1) is 0 Å². The average Bonchev–Trinajstić information content (AvgIpc) is 3.30. The van der Waals surface area contributed by atoms with Gasteiger partial charge in [-0.05, 0) is 29.7 Å². The van der Waals surface area contributed by atoms with E-state index >= 15 is 0 Å². The van der Waals surface area contributed by atoms with Gasteiger partial charge in [0.15, 0.2) is 0 Å². The number of carbonyl (C=O) groups is 1. The second-order valence-electron chi connectivity index (χ2n) is 5.84. The molecule has 2 aromatic rings. The van der Waals surface area contributed by atoms with E-state index in [4.69, 9.17) is 51.1 Å². The molecule has 2 nitrogen and oxygen atoms in total. The molecule has 6 heteroatoms. The van der Waals surface area contributed by atoms with Crippen molar-refractivity contribution in [3.05, 3.63) is 70.7 Å². The van der Waals surface area contributed by atoms with Crippen LogP contribution in [-0.4, -0.2) is 16.4 Å². The number of carbonyl (C=O) groups excluding carboxylic acids is 1. The molecule has 3 rings (SSSR count). The Hall–Kier alpha value is -0.930. The maximum absolute atomic E-state index is 12.8. The summed E-state index contributed by atoms with van der Waals surface area (Å²) < 4.78 is 3.67. The minimum Gasteiger partial charge on any atom is -0.460 e. The average molecular weight is 404 g/mol. The quantitative estimate of drug-likeness (QED) is 0.484. The fourth-order valence-corrected chi connectivity index (χ4v) is 3.33. The predicted octanol–water partition coefficient (Wildman–Crippen LogP) is 5.68. The maximum atomic E-state index is 12.8. The van der Waals surface area contributed by atoms with Crippen LogP contribution in [0.3, 0.4) is 0 Å². The Morgan fingerprint density at radius 3 is 2.29 bits per heavy atom. The lowest BCUT2D eigenvalue weighted by Crippen LogP contribution is -2.28. The number of halogens is 4. The summed E-state index contributed by atoms with van der Waals surface area (Å²) in [6.07, 6.45) is 0.650. The van der Waals surface area contributed by atoms with Crippen LogP contribution in [0.1, 0.15) is 23.5 Å². The van der Waals surface area contributed by atoms with Crippen molar-refractivity contribution in [3.63, 3.8) is 0 Å². The molecule has 0 radical (unpaired) electrons. The van der Waals surface area contributed by atoms with Crippen LogP contribution in [0.15, 0.2) is 54.6 Å². The molecule has 1 aliphatic rings. The van der Waals surface area contributed by atoms with Crippen LogP contribution in [0, 0.1) is 0 Å². The van der Waals surface area contributed by atoms with E-state index in [0.717, 1.165) is 11.1 Å². The van der Waals surface area contributed by atoms with Gasteiger partial charge in [0.2, 0.25) is 3.79 Å². The molecule has 1 fully saturated rings. The van der Waals surface area contributed by atoms with Crippen molar-refractivity contribution in [2.45, 2.75) is 21.5 Å². The van der Waals surface area contributed by atoms with Crippen LogP contribution >= 0.6 is 46.4 Å². The summed E-state index contributed by atoms with van der Waals surface area (Å²) >= 11 is 23.1. The van der Waals surface area contributed by atoms with Crippen molar-refractivity contribution in [2.75, 3.05) is 6.61 Å². The molecule has 0 aliphatic heterocycles. The van der Waals surface area contributed by atoms with E-state index in [-0.39, 0.29) is 18.5 Å². The third kappa shape index (κ3) is 3.67. The molecule has 2 atom stereocenters. The second-order valence-corrected chi connectivity index (χ2v) is 8.79. The standard InChI is InChI=1S/C18H14Cl4O2/c19-14-8-6-13(7-9-14)17(16(23)24-11-18(20,21)22)10-15(17)12-4-2-1-3-5-12/h1-9,15H,10-11H2/t15-,17-/m1/s1. The highest BCUT2D eigenvalue weighted by molar-refractivity contribution is 6.67. The first kappa shape index (κ1) is 17.9. The van der Waals surface area contributed by atoms with Gasteiger partial charge in [-0.15, -0.1) is 0 Å². The van der Waals surface area contributed by atoms with Crippen LogP contribution in [-0.2, 0) is 14.9 Å². The largest absolute Gasteiger partial charge is 0.460 e. The normalized spacial score (nSPS) is 22.9. The number of hydrogen-bond acceptors (Lipinski definition) is 2. The van der Waals surface area contributed by atoms with Crippen molar-refractivity contribution in [3.8, 4) is 0 Å². The lowest BCUT2D eigenvalue weighted by molar-refractivity contribution is -0.146. The number of rotatable bonds is 4. The van der Waals surface area contributed by atoms with Gasteiger partial charge in [-0.3, -0.25) is 4.79 Å². The fourth-order valence-electron chi connectivity index (χ4n) is 3.04. The van der Waals surface area contributed by atoms with E-state index in [2.05, 4.69) is 0 Å². The molecule has 2 aromatic carbocycles. The molecule has 0 spiro atoms. The number of hydrogen-bond donors (Lipinski definition) is 0. The van der Waals surface area contributed by atoms with Crippen molar-refractivity contribution >= 4 is 52.4 Å². The number of ether oxygens (including phenoxy) is 1. The monoisotopic (exact) mass is 402 g/mol. The molecule has 1 saturated carbocycles. The van der Waals surface area contributed by atoms with Gasteiger partial charge in [-0.1, -0.05) is 88.9 Å². The fraction of sp³-hybridized carbons (Fsp3) is 0.278. The molecule has 0 bridgehead atoms. The Bertz CT molecular complexity index is 725. The van der Waals surface area contributed by atoms with Gasteiger partial charge in [0, 0.05) is 10.9 Å². The van der Waals surface area contributed by atoms with E-state index < -0.39 is 9.21 Å². The highest BCUT2D eigenvalue weighted by Crippen LogP contribution is 2.61. The first-order valence-electron chi connectivity index (χ1n) is 7.38. The van der Waals surface area contributed by atoms with Crippen LogP contribution in [0.4, 0.5) is 0 Å². The lowest BCUT2D eigenvalue weighted by Gasteiger charge is -2.19. The molecule has 0 heterocycles. The Morgan fingerprint density at radius 2 is 1.71 bits per heavy atom. The van der Waals surface area contributed by atoms with Crippen LogP contribution in [0.25, 0.3) is 0 Å². The predicted molar refractivity (Wildman–Crippen MR) is 98.2 cm³/mol. The molecule has 0 aromatic heterocycles. The molecule has 24 heavy (non-hydrogen) atoms. The SMILES string of the molecule is O=C(OCC(Cl)(Cl)Cl)[C@@]1(c2ccc(Cl)cc2)C[C@@H]1c1ccccc1. The summed E-state index contributed by atoms with van der Waals surface area (Å²) in [5.74, 6) is -0.354. The summed E-state index contributed by atoms with van der Waals surface area (Å²) in [6, 6.07) is 17.1. The number of benzene rings is 2. The van der Waals surface area contributed by atoms with Crippen molar-refractivity contribution in [1.82, 2.24) is 0 Å². The van der Waals surface area contributed by atoms with Gasteiger partial charge in [-0.25, -0.2) is 0 Å². The van der Waals surface area contributed by atoms with Crippen molar-refractivity contribution in [1.29, 1.82) is 0 Å². The zero-order chi connectivity index (χ0) is 17.4. The molecule has 1 aliphatic carbocycles. The van der Waals surface area contributed by atoms with E-state index in [1.165, 1.54) is 0 Å². The number of esters is 1. The van der Waals surface area contributed by atoms with E-state index in [1.807, 2.05) is 42.5 Å². The van der Waals surface area contributed by atoms with Crippen molar-refractivity contribution < 1.29 is 9.53 Å². The summed E-state index contributed by atoms with van der Waals surface area (Å²) in [7, 11) is 0. The Morgan fingerprint density at radius 1 is 1.08 bits per heavy atom. The highest BCUT2D eigenvalue weighted by Gasteiger charge is 2.63. The molecule has 0 N–H and O–H groups in total. The Labute approximate surface area is 160 Å². The second kappa shape index (κ2) is 6.76. The summed E-state index contributed by atoms with van der Waals surface area (Å²) in [5, 5.41) is 0.612. The zero-order valence-electron chi connectivity index (χ0n) is 12.5. The van der Waals surface area contributed by atoms with E-state index in [9.17, 15) is 4.79 Å². The van der Waals surface area contributed by atoms with E-state index in [1.54, 1.807) is 12.1 Å². The van der Waals surface area contributed by atoms with Gasteiger partial charge in [0.1, 0.15) is 12.0 Å². The molecule has 126 valence electrons. The molecule has 0 saturated heterocycles. The zero-order valence-corrected chi connectivity index (χ0v) is 15.5. The van der Waals surface area contributed by atoms with Gasteiger partial charge >= 0.3 is 5.97 Å². The molecular weight excluding hydrogens is 390 g/mol. The van der Waals surface area contributed by atoms with Gasteiger partial charge in [0.25, 0.3) is 0 Å². The van der Waals surface area contributed by atoms with Gasteiger partial charge < -0.3 is 4.74 Å². The minimum absolute atomic E-state index is 0.0303.